The second kappa shape index (κ2) is 13.5. The zero-order valence-corrected chi connectivity index (χ0v) is 24.6. The van der Waals surface area contributed by atoms with Crippen LogP contribution in [-0.2, 0) is 26.2 Å². The lowest BCUT2D eigenvalue weighted by Crippen LogP contribution is -2.53. The smallest absolute Gasteiger partial charge is 0.244 e. The van der Waals surface area contributed by atoms with Crippen molar-refractivity contribution in [3.05, 3.63) is 63.6 Å². The number of sulfonamides is 1. The van der Waals surface area contributed by atoms with Crippen LogP contribution >= 0.6 is 23.2 Å². The van der Waals surface area contributed by atoms with Gasteiger partial charge in [-0.05, 0) is 55.5 Å². The molecular weight excluding hydrogens is 533 g/mol. The number of amides is 2. The van der Waals surface area contributed by atoms with Crippen LogP contribution in [0.15, 0.2) is 42.5 Å². The number of carbonyl (C=O) groups is 2. The quantitative estimate of drug-likeness (QED) is 0.360. The van der Waals surface area contributed by atoms with Crippen LogP contribution in [0.5, 0.6) is 0 Å². The first-order valence-electron chi connectivity index (χ1n) is 12.4. The van der Waals surface area contributed by atoms with Crippen molar-refractivity contribution in [2.45, 2.75) is 72.0 Å². The Morgan fingerprint density at radius 1 is 0.946 bits per heavy atom. The zero-order chi connectivity index (χ0) is 27.9. The Morgan fingerprint density at radius 3 is 1.97 bits per heavy atom. The van der Waals surface area contributed by atoms with Gasteiger partial charge in [-0.3, -0.25) is 13.9 Å². The molecule has 0 aromatic heterocycles. The van der Waals surface area contributed by atoms with E-state index in [0.717, 1.165) is 22.5 Å². The van der Waals surface area contributed by atoms with E-state index in [1.165, 1.54) is 4.90 Å². The molecule has 2 aromatic carbocycles. The van der Waals surface area contributed by atoms with Crippen molar-refractivity contribution < 1.29 is 18.0 Å². The van der Waals surface area contributed by atoms with Gasteiger partial charge in [-0.1, -0.05) is 69.1 Å². The van der Waals surface area contributed by atoms with Crippen LogP contribution in [0.4, 0.5) is 5.69 Å². The van der Waals surface area contributed by atoms with Gasteiger partial charge in [-0.15, -0.1) is 0 Å². The van der Waals surface area contributed by atoms with Gasteiger partial charge in [0.15, 0.2) is 0 Å². The zero-order valence-electron chi connectivity index (χ0n) is 22.3. The minimum absolute atomic E-state index is 0.0480. The molecule has 0 saturated heterocycles. The lowest BCUT2D eigenvalue weighted by atomic mass is 10.0. The molecule has 0 bridgehead atoms. The van der Waals surface area contributed by atoms with Crippen molar-refractivity contribution in [2.75, 3.05) is 17.1 Å². The molecule has 10 heteroatoms. The van der Waals surface area contributed by atoms with E-state index in [0.29, 0.717) is 27.7 Å². The van der Waals surface area contributed by atoms with Gasteiger partial charge in [0.1, 0.15) is 12.6 Å². The normalized spacial score (nSPS) is 13.2. The summed E-state index contributed by atoms with van der Waals surface area (Å²) in [6, 6.07) is 11.1. The summed E-state index contributed by atoms with van der Waals surface area (Å²) >= 11 is 12.8. The largest absolute Gasteiger partial charge is 0.352 e. The van der Waals surface area contributed by atoms with Crippen LogP contribution in [0.25, 0.3) is 0 Å². The third kappa shape index (κ3) is 8.35. The predicted octanol–water partition coefficient (Wildman–Crippen LogP) is 5.60. The van der Waals surface area contributed by atoms with Crippen LogP contribution in [0.3, 0.4) is 0 Å². The van der Waals surface area contributed by atoms with Gasteiger partial charge in [0.2, 0.25) is 21.8 Å². The molecule has 0 unspecified atom stereocenters. The van der Waals surface area contributed by atoms with Gasteiger partial charge in [-0.2, -0.15) is 0 Å². The van der Waals surface area contributed by atoms with Gasteiger partial charge >= 0.3 is 0 Å². The standard InChI is InChI=1S/C27H37Cl2N3O4S/c1-7-19(5)30-27(34)25(8-2)31(16-22-23(28)10-9-11-24(22)29)26(33)17-32(37(6,35)36)21-14-12-20(13-15-21)18(3)4/h9-15,18-19,25H,7-8,16-17H2,1-6H3,(H,30,34)/t19-,25+/m0/s1. The summed E-state index contributed by atoms with van der Waals surface area (Å²) in [6.45, 7) is 9.19. The first kappa shape index (κ1) is 30.9. The van der Waals surface area contributed by atoms with E-state index in [1.807, 2.05) is 39.8 Å². The van der Waals surface area contributed by atoms with Gasteiger partial charge in [0, 0.05) is 28.2 Å². The molecule has 1 N–H and O–H groups in total. The Balaban J connectivity index is 2.50. The molecule has 7 nitrogen and oxygen atoms in total. The minimum atomic E-state index is -3.81. The highest BCUT2D eigenvalue weighted by Gasteiger charge is 2.33. The van der Waals surface area contributed by atoms with Crippen LogP contribution in [-0.4, -0.2) is 50.0 Å². The van der Waals surface area contributed by atoms with Crippen molar-refractivity contribution in [1.82, 2.24) is 10.2 Å². The van der Waals surface area contributed by atoms with Gasteiger partial charge in [0.05, 0.1) is 11.9 Å². The molecule has 0 aliphatic rings. The molecular formula is C27H37Cl2N3O4S. The summed E-state index contributed by atoms with van der Waals surface area (Å²) in [7, 11) is -3.81. The Labute approximate surface area is 231 Å². The number of rotatable bonds is 12. The van der Waals surface area contributed by atoms with Crippen molar-refractivity contribution >= 4 is 50.7 Å². The molecule has 0 aliphatic heterocycles. The number of anilines is 1. The summed E-state index contributed by atoms with van der Waals surface area (Å²) in [6.07, 6.45) is 2.09. The maximum Gasteiger partial charge on any atom is 0.244 e. The van der Waals surface area contributed by atoms with Gasteiger partial charge in [-0.25, -0.2) is 8.42 Å². The molecule has 0 aliphatic carbocycles. The topological polar surface area (TPSA) is 86.8 Å². The fraction of sp³-hybridized carbons (Fsp3) is 0.481. The average molecular weight is 571 g/mol. The molecule has 37 heavy (non-hydrogen) atoms. The molecule has 0 heterocycles. The molecule has 2 amide bonds. The first-order valence-corrected chi connectivity index (χ1v) is 15.0. The van der Waals surface area contributed by atoms with Crippen LogP contribution < -0.4 is 9.62 Å². The van der Waals surface area contributed by atoms with Crippen molar-refractivity contribution in [3.63, 3.8) is 0 Å². The molecule has 2 aromatic rings. The summed E-state index contributed by atoms with van der Waals surface area (Å²) < 4.78 is 26.6. The van der Waals surface area contributed by atoms with Crippen LogP contribution in [0.1, 0.15) is 64.5 Å². The Morgan fingerprint density at radius 2 is 1.51 bits per heavy atom. The SMILES string of the molecule is CC[C@H](C(=O)N[C@@H](C)CC)N(Cc1c(Cl)cccc1Cl)C(=O)CN(c1ccc(C(C)C)cc1)S(C)(=O)=O. The number of nitrogens with zero attached hydrogens (tertiary/aromatic N) is 2. The Bertz CT molecular complexity index is 1170. The minimum Gasteiger partial charge on any atom is -0.352 e. The third-order valence-electron chi connectivity index (χ3n) is 6.30. The highest BCUT2D eigenvalue weighted by Crippen LogP contribution is 2.28. The van der Waals surface area contributed by atoms with E-state index in [2.05, 4.69) is 5.32 Å². The highest BCUT2D eigenvalue weighted by molar-refractivity contribution is 7.92. The summed E-state index contributed by atoms with van der Waals surface area (Å²) in [4.78, 5) is 28.4. The van der Waals surface area contributed by atoms with E-state index in [-0.39, 0.29) is 24.4 Å². The first-order chi connectivity index (χ1) is 17.3. The second-order valence-corrected chi connectivity index (χ2v) is 12.2. The molecule has 2 rings (SSSR count). The van der Waals surface area contributed by atoms with Gasteiger partial charge in [0.25, 0.3) is 0 Å². The van der Waals surface area contributed by atoms with E-state index >= 15 is 0 Å². The number of carbonyl (C=O) groups excluding carboxylic acids is 2. The maximum atomic E-state index is 13.8. The van der Waals surface area contributed by atoms with E-state index in [1.54, 1.807) is 37.3 Å². The fourth-order valence-corrected chi connectivity index (χ4v) is 5.22. The number of nitrogens with one attached hydrogen (secondary N) is 1. The fourth-order valence-electron chi connectivity index (χ4n) is 3.85. The number of hydrogen-bond donors (Lipinski definition) is 1. The highest BCUT2D eigenvalue weighted by atomic mass is 35.5. The predicted molar refractivity (Wildman–Crippen MR) is 152 cm³/mol. The monoisotopic (exact) mass is 569 g/mol. The lowest BCUT2D eigenvalue weighted by Gasteiger charge is -2.33. The van der Waals surface area contributed by atoms with E-state index in [4.69, 9.17) is 23.2 Å². The van der Waals surface area contributed by atoms with Gasteiger partial charge < -0.3 is 10.2 Å². The third-order valence-corrected chi connectivity index (χ3v) is 8.15. The van der Waals surface area contributed by atoms with E-state index in [9.17, 15) is 18.0 Å². The average Bonchev–Trinajstić information content (AvgIpc) is 2.83. The molecule has 0 saturated carbocycles. The second-order valence-electron chi connectivity index (χ2n) is 9.48. The molecule has 204 valence electrons. The molecule has 0 fully saturated rings. The summed E-state index contributed by atoms with van der Waals surface area (Å²) in [5.41, 5.74) is 1.90. The number of halogens is 2. The number of benzene rings is 2. The molecule has 0 spiro atoms. The molecule has 0 radical (unpaired) electrons. The lowest BCUT2D eigenvalue weighted by molar-refractivity contribution is -0.140. The van der Waals surface area contributed by atoms with Crippen LogP contribution in [0, 0.1) is 0 Å². The summed E-state index contributed by atoms with van der Waals surface area (Å²) in [5, 5.41) is 3.64. The Kier molecular flexibility index (Phi) is 11.3. The summed E-state index contributed by atoms with van der Waals surface area (Å²) in [5.74, 6) is -0.589. The van der Waals surface area contributed by atoms with E-state index < -0.39 is 28.5 Å². The molecule has 2 atom stereocenters. The van der Waals surface area contributed by atoms with Crippen molar-refractivity contribution in [2.24, 2.45) is 0 Å². The van der Waals surface area contributed by atoms with Crippen molar-refractivity contribution in [1.29, 1.82) is 0 Å². The van der Waals surface area contributed by atoms with Crippen LogP contribution in [0.2, 0.25) is 10.0 Å². The number of hydrogen-bond acceptors (Lipinski definition) is 4. The maximum absolute atomic E-state index is 13.8. The van der Waals surface area contributed by atoms with Crippen molar-refractivity contribution in [3.8, 4) is 0 Å². The Hall–Kier alpha value is -2.29.